The molecule has 0 heterocycles. The van der Waals surface area contributed by atoms with E-state index in [1.165, 1.54) is 33.5 Å². The Bertz CT molecular complexity index is 853. The molecule has 2 aromatic carbocycles. The summed E-state index contributed by atoms with van der Waals surface area (Å²) in [6.45, 7) is 0.254. The number of ether oxygens (including phenoxy) is 3. The Morgan fingerprint density at radius 2 is 1.38 bits per heavy atom. The van der Waals surface area contributed by atoms with Crippen LogP contribution in [0.1, 0.15) is 37.4 Å². The SMILES string of the molecule is COCc1ccc2c(c1OC)C(=O)c1ccc(O)c(OC)c1C2=O. The number of fused-ring (bicyclic) bond motifs is 2. The van der Waals surface area contributed by atoms with Crippen LogP contribution in [0.15, 0.2) is 24.3 Å². The molecule has 1 aliphatic carbocycles. The van der Waals surface area contributed by atoms with Crippen molar-refractivity contribution < 1.29 is 28.9 Å². The number of phenols is 1. The van der Waals surface area contributed by atoms with E-state index >= 15 is 0 Å². The monoisotopic (exact) mass is 328 g/mol. The number of hydrogen-bond acceptors (Lipinski definition) is 6. The topological polar surface area (TPSA) is 82.1 Å². The lowest BCUT2D eigenvalue weighted by Crippen LogP contribution is -2.23. The van der Waals surface area contributed by atoms with E-state index in [2.05, 4.69) is 0 Å². The van der Waals surface area contributed by atoms with E-state index in [-0.39, 0.29) is 46.1 Å². The van der Waals surface area contributed by atoms with Crippen LogP contribution >= 0.6 is 0 Å². The van der Waals surface area contributed by atoms with Gasteiger partial charge in [-0.05, 0) is 18.2 Å². The van der Waals surface area contributed by atoms with Gasteiger partial charge in [-0.1, -0.05) is 6.07 Å². The summed E-state index contributed by atoms with van der Waals surface area (Å²) in [6, 6.07) is 6.00. The molecule has 24 heavy (non-hydrogen) atoms. The molecule has 0 spiro atoms. The van der Waals surface area contributed by atoms with Gasteiger partial charge in [-0.3, -0.25) is 9.59 Å². The summed E-state index contributed by atoms with van der Waals surface area (Å²) in [5, 5.41) is 9.90. The fourth-order valence-corrected chi connectivity index (χ4v) is 3.01. The highest BCUT2D eigenvalue weighted by atomic mass is 16.5. The van der Waals surface area contributed by atoms with Crippen LogP contribution in [0.25, 0.3) is 0 Å². The van der Waals surface area contributed by atoms with Gasteiger partial charge in [0.25, 0.3) is 0 Å². The second-order valence-electron chi connectivity index (χ2n) is 5.31. The van der Waals surface area contributed by atoms with Gasteiger partial charge >= 0.3 is 0 Å². The van der Waals surface area contributed by atoms with Crippen LogP contribution < -0.4 is 9.47 Å². The number of carbonyl (C=O) groups excluding carboxylic acids is 2. The maximum Gasteiger partial charge on any atom is 0.198 e. The van der Waals surface area contributed by atoms with Crippen LogP contribution in [0.4, 0.5) is 0 Å². The maximum absolute atomic E-state index is 13.0. The normalized spacial score (nSPS) is 12.6. The number of aromatic hydroxyl groups is 1. The zero-order valence-electron chi connectivity index (χ0n) is 13.5. The molecule has 0 aliphatic heterocycles. The predicted molar refractivity (Wildman–Crippen MR) is 85.2 cm³/mol. The number of carbonyl (C=O) groups is 2. The van der Waals surface area contributed by atoms with Crippen LogP contribution in [-0.2, 0) is 11.3 Å². The summed E-state index contributed by atoms with van der Waals surface area (Å²) in [6.07, 6.45) is 0. The molecule has 0 radical (unpaired) electrons. The van der Waals surface area contributed by atoms with Gasteiger partial charge in [-0.15, -0.1) is 0 Å². The maximum atomic E-state index is 13.0. The Hall–Kier alpha value is -2.86. The molecule has 0 bridgehead atoms. The minimum Gasteiger partial charge on any atom is -0.504 e. The third kappa shape index (κ3) is 2.15. The standard InChI is InChI=1S/C18H16O6/c1-22-8-9-4-5-10-13(17(9)23-2)15(20)11-6-7-12(19)18(24-3)14(11)16(10)21/h4-7,19H,8H2,1-3H3. The molecule has 2 aromatic rings. The van der Waals surface area contributed by atoms with Crippen molar-refractivity contribution in [1.29, 1.82) is 0 Å². The summed E-state index contributed by atoms with van der Waals surface area (Å²) in [5.41, 5.74) is 1.34. The first-order chi connectivity index (χ1) is 11.5. The lowest BCUT2D eigenvalue weighted by atomic mass is 9.82. The summed E-state index contributed by atoms with van der Waals surface area (Å²) in [7, 11) is 4.32. The lowest BCUT2D eigenvalue weighted by Gasteiger charge is -2.23. The zero-order chi connectivity index (χ0) is 17.4. The molecule has 1 aliphatic rings. The van der Waals surface area contributed by atoms with Gasteiger partial charge in [0.2, 0.25) is 0 Å². The van der Waals surface area contributed by atoms with E-state index in [1.54, 1.807) is 12.1 Å². The van der Waals surface area contributed by atoms with Crippen LogP contribution in [0.5, 0.6) is 17.2 Å². The van der Waals surface area contributed by atoms with Gasteiger partial charge < -0.3 is 19.3 Å². The van der Waals surface area contributed by atoms with E-state index in [0.29, 0.717) is 11.3 Å². The summed E-state index contributed by atoms with van der Waals surface area (Å²) < 4.78 is 15.6. The number of phenolic OH excluding ortho intramolecular Hbond substituents is 1. The Kier molecular flexibility index (Phi) is 3.99. The Labute approximate surface area is 138 Å². The van der Waals surface area contributed by atoms with Crippen molar-refractivity contribution in [2.24, 2.45) is 0 Å². The highest BCUT2D eigenvalue weighted by Crippen LogP contribution is 2.41. The van der Waals surface area contributed by atoms with E-state index in [0.717, 1.165) is 0 Å². The molecule has 0 amide bonds. The first-order valence-electron chi connectivity index (χ1n) is 7.23. The third-order valence-electron chi connectivity index (χ3n) is 4.03. The van der Waals surface area contributed by atoms with Gasteiger partial charge in [0.15, 0.2) is 23.1 Å². The average Bonchev–Trinajstić information content (AvgIpc) is 2.59. The second kappa shape index (κ2) is 5.98. The lowest BCUT2D eigenvalue weighted by molar-refractivity contribution is 0.0972. The van der Waals surface area contributed by atoms with Crippen molar-refractivity contribution in [3.8, 4) is 17.2 Å². The average molecular weight is 328 g/mol. The Morgan fingerprint density at radius 3 is 1.92 bits per heavy atom. The van der Waals surface area contributed by atoms with Crippen molar-refractivity contribution in [3.63, 3.8) is 0 Å². The smallest absolute Gasteiger partial charge is 0.198 e. The van der Waals surface area contributed by atoms with Crippen LogP contribution in [0.2, 0.25) is 0 Å². The first-order valence-corrected chi connectivity index (χ1v) is 7.23. The fourth-order valence-electron chi connectivity index (χ4n) is 3.01. The van der Waals surface area contributed by atoms with Crippen LogP contribution in [0, 0.1) is 0 Å². The zero-order valence-corrected chi connectivity index (χ0v) is 13.5. The van der Waals surface area contributed by atoms with E-state index in [9.17, 15) is 14.7 Å². The van der Waals surface area contributed by atoms with Gasteiger partial charge in [0.05, 0.1) is 32.0 Å². The predicted octanol–water partition coefficient (Wildman–Crippen LogP) is 2.33. The van der Waals surface area contributed by atoms with Gasteiger partial charge in [-0.25, -0.2) is 0 Å². The third-order valence-corrected chi connectivity index (χ3v) is 4.03. The molecule has 1 N–H and O–H groups in total. The quantitative estimate of drug-likeness (QED) is 0.791. The number of ketones is 2. The molecule has 124 valence electrons. The number of benzene rings is 2. The summed E-state index contributed by atoms with van der Waals surface area (Å²) >= 11 is 0. The first kappa shape index (κ1) is 16.0. The molecule has 0 unspecified atom stereocenters. The molecule has 0 aromatic heterocycles. The minimum absolute atomic E-state index is 0.00330. The van der Waals surface area contributed by atoms with Crippen molar-refractivity contribution >= 4 is 11.6 Å². The van der Waals surface area contributed by atoms with E-state index in [1.807, 2.05) is 0 Å². The molecule has 0 saturated heterocycles. The molecule has 3 rings (SSSR count). The highest BCUT2D eigenvalue weighted by Gasteiger charge is 2.36. The van der Waals surface area contributed by atoms with Crippen LogP contribution in [0.3, 0.4) is 0 Å². The van der Waals surface area contributed by atoms with Crippen LogP contribution in [-0.4, -0.2) is 38.0 Å². The summed E-state index contributed by atoms with van der Waals surface area (Å²) in [4.78, 5) is 25.9. The van der Waals surface area contributed by atoms with Gasteiger partial charge in [0, 0.05) is 23.8 Å². The van der Waals surface area contributed by atoms with E-state index < -0.39 is 5.78 Å². The molecular formula is C18H16O6. The minimum atomic E-state index is -0.394. The molecule has 6 heteroatoms. The molecule has 6 nitrogen and oxygen atoms in total. The van der Waals surface area contributed by atoms with Crippen molar-refractivity contribution in [2.75, 3.05) is 21.3 Å². The van der Waals surface area contributed by atoms with Gasteiger partial charge in [0.1, 0.15) is 5.75 Å². The van der Waals surface area contributed by atoms with Gasteiger partial charge in [-0.2, -0.15) is 0 Å². The molecule has 0 saturated carbocycles. The van der Waals surface area contributed by atoms with Crippen molar-refractivity contribution in [3.05, 3.63) is 52.1 Å². The highest BCUT2D eigenvalue weighted by molar-refractivity contribution is 6.30. The second-order valence-corrected chi connectivity index (χ2v) is 5.31. The molecular weight excluding hydrogens is 312 g/mol. The Balaban J connectivity index is 2.30. The molecule has 0 fully saturated rings. The van der Waals surface area contributed by atoms with E-state index in [4.69, 9.17) is 14.2 Å². The largest absolute Gasteiger partial charge is 0.504 e. The number of rotatable bonds is 4. The number of hydrogen-bond donors (Lipinski definition) is 1. The van der Waals surface area contributed by atoms with Crippen molar-refractivity contribution in [2.45, 2.75) is 6.61 Å². The molecule has 0 atom stereocenters. The Morgan fingerprint density at radius 1 is 0.833 bits per heavy atom. The number of methoxy groups -OCH3 is 3. The summed E-state index contributed by atoms with van der Waals surface area (Å²) in [5.74, 6) is -0.618. The fraction of sp³-hybridized carbons (Fsp3) is 0.222. The van der Waals surface area contributed by atoms with Crippen molar-refractivity contribution in [1.82, 2.24) is 0 Å².